The van der Waals surface area contributed by atoms with Crippen molar-refractivity contribution in [2.75, 3.05) is 12.4 Å². The zero-order chi connectivity index (χ0) is 18.5. The standard InChI is InChI=1S/C21H16BrN3O2/c1-27-18-11-12(10-14(22)19(18)26)20-23-15-7-3-2-6-13(15)21-24-16-8-4-5-9-17(16)25(20)21/h2-11,20,23,26H,1H3/t20-/m0/s1. The second kappa shape index (κ2) is 6.03. The number of anilines is 1. The maximum absolute atomic E-state index is 10.2. The summed E-state index contributed by atoms with van der Waals surface area (Å²) in [6.07, 6.45) is -0.187. The molecule has 0 unspecified atom stereocenters. The Kier molecular flexibility index (Phi) is 3.62. The molecule has 1 aliphatic heterocycles. The molecule has 1 aliphatic rings. The molecule has 1 atom stereocenters. The van der Waals surface area contributed by atoms with Crippen LogP contribution < -0.4 is 10.1 Å². The molecule has 1 aromatic heterocycles. The number of aromatic nitrogens is 2. The summed E-state index contributed by atoms with van der Waals surface area (Å²) in [6, 6.07) is 20.0. The zero-order valence-corrected chi connectivity index (χ0v) is 16.1. The third-order valence-electron chi connectivity index (χ3n) is 4.90. The molecule has 4 aromatic rings. The van der Waals surface area contributed by atoms with Crippen molar-refractivity contribution in [2.45, 2.75) is 6.17 Å². The second-order valence-corrected chi connectivity index (χ2v) is 7.29. The molecule has 3 aromatic carbocycles. The number of imidazole rings is 1. The number of phenols is 1. The number of hydrogen-bond acceptors (Lipinski definition) is 4. The van der Waals surface area contributed by atoms with Crippen molar-refractivity contribution in [2.24, 2.45) is 0 Å². The molecule has 5 rings (SSSR count). The first-order chi connectivity index (χ1) is 13.2. The Morgan fingerprint density at radius 1 is 1.11 bits per heavy atom. The number of nitrogens with zero attached hydrogens (tertiary/aromatic N) is 2. The highest BCUT2D eigenvalue weighted by Crippen LogP contribution is 2.43. The third-order valence-corrected chi connectivity index (χ3v) is 5.51. The summed E-state index contributed by atoms with van der Waals surface area (Å²) in [5, 5.41) is 13.8. The van der Waals surface area contributed by atoms with Crippen LogP contribution in [0.1, 0.15) is 11.7 Å². The van der Waals surface area contributed by atoms with Crippen molar-refractivity contribution >= 4 is 32.7 Å². The molecule has 0 saturated carbocycles. The maximum Gasteiger partial charge on any atom is 0.172 e. The van der Waals surface area contributed by atoms with Crippen molar-refractivity contribution in [1.29, 1.82) is 0 Å². The summed E-state index contributed by atoms with van der Waals surface area (Å²) < 4.78 is 8.13. The highest BCUT2D eigenvalue weighted by Gasteiger charge is 2.29. The van der Waals surface area contributed by atoms with E-state index in [-0.39, 0.29) is 11.9 Å². The van der Waals surface area contributed by atoms with Gasteiger partial charge in [0.2, 0.25) is 0 Å². The smallest absolute Gasteiger partial charge is 0.172 e. The van der Waals surface area contributed by atoms with E-state index in [4.69, 9.17) is 9.72 Å². The summed E-state index contributed by atoms with van der Waals surface area (Å²) in [6.45, 7) is 0. The van der Waals surface area contributed by atoms with Crippen LogP contribution >= 0.6 is 15.9 Å². The van der Waals surface area contributed by atoms with Crippen LogP contribution in [0.25, 0.3) is 22.4 Å². The predicted molar refractivity (Wildman–Crippen MR) is 109 cm³/mol. The summed E-state index contributed by atoms with van der Waals surface area (Å²) in [4.78, 5) is 4.88. The highest BCUT2D eigenvalue weighted by atomic mass is 79.9. The van der Waals surface area contributed by atoms with E-state index in [0.717, 1.165) is 33.7 Å². The zero-order valence-electron chi connectivity index (χ0n) is 14.5. The molecule has 6 heteroatoms. The number of nitrogens with one attached hydrogen (secondary N) is 1. The number of hydrogen-bond donors (Lipinski definition) is 2. The van der Waals surface area contributed by atoms with Crippen molar-refractivity contribution in [3.63, 3.8) is 0 Å². The molecule has 0 bridgehead atoms. The second-order valence-electron chi connectivity index (χ2n) is 6.44. The van der Waals surface area contributed by atoms with E-state index in [1.54, 1.807) is 7.11 Å². The first-order valence-corrected chi connectivity index (χ1v) is 9.36. The molecule has 0 aliphatic carbocycles. The minimum absolute atomic E-state index is 0.0909. The van der Waals surface area contributed by atoms with Crippen LogP contribution in [0.3, 0.4) is 0 Å². The lowest BCUT2D eigenvalue weighted by Crippen LogP contribution is -2.24. The topological polar surface area (TPSA) is 59.3 Å². The minimum Gasteiger partial charge on any atom is -0.503 e. The van der Waals surface area contributed by atoms with E-state index >= 15 is 0 Å². The average molecular weight is 422 g/mol. The van der Waals surface area contributed by atoms with Gasteiger partial charge in [-0.3, -0.25) is 4.57 Å². The number of ether oxygens (including phenoxy) is 1. The number of para-hydroxylation sites is 3. The lowest BCUT2D eigenvalue weighted by molar-refractivity contribution is 0.371. The number of benzene rings is 3. The van der Waals surface area contributed by atoms with Crippen molar-refractivity contribution in [3.8, 4) is 22.9 Å². The highest BCUT2D eigenvalue weighted by molar-refractivity contribution is 9.10. The van der Waals surface area contributed by atoms with Gasteiger partial charge >= 0.3 is 0 Å². The minimum atomic E-state index is -0.187. The Balaban J connectivity index is 1.80. The van der Waals surface area contributed by atoms with Crippen molar-refractivity contribution in [1.82, 2.24) is 9.55 Å². The quantitative estimate of drug-likeness (QED) is 0.469. The maximum atomic E-state index is 10.2. The average Bonchev–Trinajstić information content (AvgIpc) is 3.09. The Labute approximate surface area is 164 Å². The number of rotatable bonds is 2. The Bertz CT molecular complexity index is 1190. The molecular weight excluding hydrogens is 406 g/mol. The molecule has 2 N–H and O–H groups in total. The monoisotopic (exact) mass is 421 g/mol. The van der Waals surface area contributed by atoms with Gasteiger partial charge in [0.15, 0.2) is 11.5 Å². The Morgan fingerprint density at radius 3 is 2.74 bits per heavy atom. The van der Waals surface area contributed by atoms with Crippen LogP contribution in [0.15, 0.2) is 65.1 Å². The lowest BCUT2D eigenvalue weighted by Gasteiger charge is -2.30. The molecule has 27 heavy (non-hydrogen) atoms. The molecule has 0 radical (unpaired) electrons. The Morgan fingerprint density at radius 2 is 1.89 bits per heavy atom. The van der Waals surface area contributed by atoms with Crippen LogP contribution in [0.5, 0.6) is 11.5 Å². The summed E-state index contributed by atoms with van der Waals surface area (Å²) in [7, 11) is 1.55. The fourth-order valence-corrected chi connectivity index (χ4v) is 4.11. The molecule has 2 heterocycles. The number of aromatic hydroxyl groups is 1. The number of phenolic OH excluding ortho intramolecular Hbond substituents is 1. The molecule has 0 amide bonds. The predicted octanol–water partition coefficient (Wildman–Crippen LogP) is 5.15. The molecular formula is C21H16BrN3O2. The van der Waals surface area contributed by atoms with Crippen molar-refractivity contribution in [3.05, 3.63) is 70.7 Å². The van der Waals surface area contributed by atoms with E-state index in [0.29, 0.717) is 10.2 Å². The fraction of sp³-hybridized carbons (Fsp3) is 0.0952. The lowest BCUT2D eigenvalue weighted by atomic mass is 10.1. The SMILES string of the molecule is COc1cc([C@H]2Nc3ccccc3-c3nc4ccccc4n32)cc(Br)c1O. The van der Waals surface area contributed by atoms with Crippen LogP contribution in [0, 0.1) is 0 Å². The molecule has 134 valence electrons. The van der Waals surface area contributed by atoms with E-state index in [1.807, 2.05) is 42.5 Å². The van der Waals surface area contributed by atoms with Gasteiger partial charge in [-0.2, -0.15) is 0 Å². The van der Waals surface area contributed by atoms with Gasteiger partial charge in [0, 0.05) is 11.3 Å². The molecule has 0 saturated heterocycles. The van der Waals surface area contributed by atoms with E-state index in [9.17, 15) is 5.11 Å². The normalized spacial score (nSPS) is 15.1. The van der Waals surface area contributed by atoms with Crippen LogP contribution in [0.2, 0.25) is 0 Å². The van der Waals surface area contributed by atoms with Crippen molar-refractivity contribution < 1.29 is 9.84 Å². The van der Waals surface area contributed by atoms with Gasteiger partial charge in [-0.1, -0.05) is 24.3 Å². The summed E-state index contributed by atoms with van der Waals surface area (Å²) in [5.74, 6) is 1.43. The van der Waals surface area contributed by atoms with Gasteiger partial charge < -0.3 is 15.2 Å². The van der Waals surface area contributed by atoms with Gasteiger partial charge in [0.1, 0.15) is 12.0 Å². The van der Waals surface area contributed by atoms with E-state index in [2.05, 4.69) is 44.0 Å². The van der Waals surface area contributed by atoms with E-state index in [1.165, 1.54) is 0 Å². The van der Waals surface area contributed by atoms with Gasteiger partial charge in [0.25, 0.3) is 0 Å². The molecule has 0 spiro atoms. The third kappa shape index (κ3) is 2.40. The molecule has 0 fully saturated rings. The van der Waals surface area contributed by atoms with Gasteiger partial charge in [-0.15, -0.1) is 0 Å². The van der Waals surface area contributed by atoms with E-state index < -0.39 is 0 Å². The van der Waals surface area contributed by atoms with Gasteiger partial charge in [-0.25, -0.2) is 4.98 Å². The number of fused-ring (bicyclic) bond motifs is 5. The fourth-order valence-electron chi connectivity index (χ4n) is 3.65. The largest absolute Gasteiger partial charge is 0.503 e. The number of halogens is 1. The van der Waals surface area contributed by atoms with Crippen LogP contribution in [-0.2, 0) is 0 Å². The first-order valence-electron chi connectivity index (χ1n) is 8.56. The first kappa shape index (κ1) is 16.2. The van der Waals surface area contributed by atoms with Gasteiger partial charge in [-0.05, 0) is 57.9 Å². The summed E-state index contributed by atoms with van der Waals surface area (Å²) in [5.41, 5.74) is 5.03. The number of methoxy groups -OCH3 is 1. The van der Waals surface area contributed by atoms with Crippen LogP contribution in [0.4, 0.5) is 5.69 Å². The molecule has 5 nitrogen and oxygen atoms in total. The van der Waals surface area contributed by atoms with Crippen LogP contribution in [-0.4, -0.2) is 21.8 Å². The summed E-state index contributed by atoms with van der Waals surface area (Å²) >= 11 is 3.43. The Hall–Kier alpha value is -2.99. The van der Waals surface area contributed by atoms with Gasteiger partial charge in [0.05, 0.1) is 22.6 Å².